The van der Waals surface area contributed by atoms with Gasteiger partial charge in [-0.15, -0.1) is 11.3 Å². The Balaban J connectivity index is 2.04. The molecule has 1 aliphatic heterocycles. The van der Waals surface area contributed by atoms with E-state index in [1.807, 2.05) is 44.3 Å². The van der Waals surface area contributed by atoms with Crippen LogP contribution in [0.3, 0.4) is 0 Å². The van der Waals surface area contributed by atoms with Gasteiger partial charge in [0.2, 0.25) is 0 Å². The molecule has 0 spiro atoms. The maximum Gasteiger partial charge on any atom is 0.263 e. The fourth-order valence-corrected chi connectivity index (χ4v) is 3.33. The van der Waals surface area contributed by atoms with Crippen LogP contribution >= 0.6 is 11.3 Å². The minimum absolute atomic E-state index is 0.0828. The third kappa shape index (κ3) is 2.02. The van der Waals surface area contributed by atoms with Gasteiger partial charge in [0.05, 0.1) is 4.88 Å². The molecule has 2 heterocycles. The number of para-hydroxylation sites is 1. The Labute approximate surface area is 116 Å². The monoisotopic (exact) mass is 273 g/mol. The van der Waals surface area contributed by atoms with Crippen molar-refractivity contribution in [2.45, 2.75) is 13.5 Å². The van der Waals surface area contributed by atoms with E-state index in [1.54, 1.807) is 16.2 Å². The summed E-state index contributed by atoms with van der Waals surface area (Å²) in [6.45, 7) is 3.24. The molecule has 0 unspecified atom stereocenters. The zero-order valence-corrected chi connectivity index (χ0v) is 11.8. The molecule has 3 nitrogen and oxygen atoms in total. The predicted molar refractivity (Wildman–Crippen MR) is 76.7 cm³/mol. The van der Waals surface area contributed by atoms with Gasteiger partial charge in [0.15, 0.2) is 0 Å². The summed E-state index contributed by atoms with van der Waals surface area (Å²) < 4.78 is 5.71. The number of hydrogen-bond acceptors (Lipinski definition) is 3. The highest BCUT2D eigenvalue weighted by Gasteiger charge is 2.23. The average Bonchev–Trinajstić information content (AvgIpc) is 2.90. The van der Waals surface area contributed by atoms with Crippen LogP contribution < -0.4 is 4.74 Å². The van der Waals surface area contributed by atoms with E-state index in [0.717, 1.165) is 26.6 Å². The molecule has 0 fully saturated rings. The molecule has 0 N–H and O–H groups in total. The second-order valence-electron chi connectivity index (χ2n) is 4.57. The molecule has 2 aromatic rings. The molecule has 0 saturated heterocycles. The third-order valence-corrected chi connectivity index (χ3v) is 4.55. The van der Waals surface area contributed by atoms with Gasteiger partial charge in [0.25, 0.3) is 5.91 Å². The summed E-state index contributed by atoms with van der Waals surface area (Å²) in [6, 6.07) is 9.94. The van der Waals surface area contributed by atoms with Gasteiger partial charge in [-0.05, 0) is 25.1 Å². The van der Waals surface area contributed by atoms with E-state index >= 15 is 0 Å². The molecule has 0 aliphatic carbocycles. The number of carbonyl (C=O) groups is 1. The van der Waals surface area contributed by atoms with Gasteiger partial charge in [-0.1, -0.05) is 12.1 Å². The Morgan fingerprint density at radius 3 is 3.00 bits per heavy atom. The SMILES string of the molecule is CCN(C)C(=O)c1cc2c(s1)-c1ccccc1OC2. The normalized spacial score (nSPS) is 12.3. The van der Waals surface area contributed by atoms with Crippen molar-refractivity contribution in [2.24, 2.45) is 0 Å². The van der Waals surface area contributed by atoms with Crippen molar-refractivity contribution in [3.8, 4) is 16.2 Å². The van der Waals surface area contributed by atoms with Crippen LogP contribution in [-0.2, 0) is 6.61 Å². The largest absolute Gasteiger partial charge is 0.488 e. The maximum atomic E-state index is 12.2. The molecular weight excluding hydrogens is 258 g/mol. The first kappa shape index (κ1) is 12.2. The molecule has 1 aromatic heterocycles. The zero-order valence-electron chi connectivity index (χ0n) is 11.0. The fraction of sp³-hybridized carbons (Fsp3) is 0.267. The smallest absolute Gasteiger partial charge is 0.263 e. The Bertz CT molecular complexity index is 633. The van der Waals surface area contributed by atoms with Crippen molar-refractivity contribution in [1.82, 2.24) is 4.90 Å². The molecule has 1 aliphatic rings. The average molecular weight is 273 g/mol. The van der Waals surface area contributed by atoms with Crippen molar-refractivity contribution < 1.29 is 9.53 Å². The van der Waals surface area contributed by atoms with Gasteiger partial charge in [0, 0.05) is 29.6 Å². The lowest BCUT2D eigenvalue weighted by Crippen LogP contribution is -2.25. The van der Waals surface area contributed by atoms with Crippen LogP contribution in [0.5, 0.6) is 5.75 Å². The number of benzene rings is 1. The van der Waals surface area contributed by atoms with Crippen molar-refractivity contribution in [2.75, 3.05) is 13.6 Å². The van der Waals surface area contributed by atoms with E-state index in [0.29, 0.717) is 13.2 Å². The fourth-order valence-electron chi connectivity index (χ4n) is 2.14. The first-order chi connectivity index (χ1) is 9.20. The van der Waals surface area contributed by atoms with Crippen LogP contribution in [0.15, 0.2) is 30.3 Å². The van der Waals surface area contributed by atoms with Crippen LogP contribution in [0.1, 0.15) is 22.2 Å². The van der Waals surface area contributed by atoms with E-state index in [-0.39, 0.29) is 5.91 Å². The Morgan fingerprint density at radius 2 is 2.21 bits per heavy atom. The van der Waals surface area contributed by atoms with Gasteiger partial charge >= 0.3 is 0 Å². The first-order valence-electron chi connectivity index (χ1n) is 6.31. The maximum absolute atomic E-state index is 12.2. The Kier molecular flexibility index (Phi) is 3.03. The summed E-state index contributed by atoms with van der Waals surface area (Å²) in [4.78, 5) is 15.9. The molecule has 19 heavy (non-hydrogen) atoms. The number of ether oxygens (including phenoxy) is 1. The topological polar surface area (TPSA) is 29.5 Å². The lowest BCUT2D eigenvalue weighted by atomic mass is 10.1. The van der Waals surface area contributed by atoms with Gasteiger partial charge in [-0.2, -0.15) is 0 Å². The minimum Gasteiger partial charge on any atom is -0.488 e. The van der Waals surface area contributed by atoms with Crippen molar-refractivity contribution in [3.63, 3.8) is 0 Å². The van der Waals surface area contributed by atoms with Crippen LogP contribution in [-0.4, -0.2) is 24.4 Å². The number of amides is 1. The summed E-state index contributed by atoms with van der Waals surface area (Å²) >= 11 is 1.56. The van der Waals surface area contributed by atoms with Crippen molar-refractivity contribution in [1.29, 1.82) is 0 Å². The van der Waals surface area contributed by atoms with Crippen molar-refractivity contribution >= 4 is 17.2 Å². The van der Waals surface area contributed by atoms with Crippen LogP contribution in [0.4, 0.5) is 0 Å². The third-order valence-electron chi connectivity index (χ3n) is 3.36. The van der Waals surface area contributed by atoms with E-state index in [1.165, 1.54) is 0 Å². The molecule has 1 aromatic carbocycles. The standard InChI is InChI=1S/C15H15NO2S/c1-3-16(2)15(17)13-8-10-9-18-12-7-5-4-6-11(12)14(10)19-13/h4-8H,3,9H2,1-2H3. The van der Waals surface area contributed by atoms with Crippen LogP contribution in [0, 0.1) is 0 Å². The highest BCUT2D eigenvalue weighted by Crippen LogP contribution is 2.42. The number of thiophene rings is 1. The summed E-state index contributed by atoms with van der Waals surface area (Å²) in [6.07, 6.45) is 0. The van der Waals surface area contributed by atoms with E-state index in [4.69, 9.17) is 4.74 Å². The molecular formula is C15H15NO2S. The summed E-state index contributed by atoms with van der Waals surface area (Å²) in [7, 11) is 1.82. The molecule has 0 bridgehead atoms. The molecule has 1 amide bonds. The number of hydrogen-bond donors (Lipinski definition) is 0. The molecule has 3 rings (SSSR count). The number of nitrogens with zero attached hydrogens (tertiary/aromatic N) is 1. The molecule has 98 valence electrons. The van der Waals surface area contributed by atoms with Gasteiger partial charge in [-0.3, -0.25) is 4.79 Å². The Morgan fingerprint density at radius 1 is 1.42 bits per heavy atom. The molecule has 0 atom stereocenters. The molecule has 0 saturated carbocycles. The highest BCUT2D eigenvalue weighted by molar-refractivity contribution is 7.17. The number of fused-ring (bicyclic) bond motifs is 3. The Hall–Kier alpha value is -1.81. The minimum atomic E-state index is 0.0828. The zero-order chi connectivity index (χ0) is 13.4. The van der Waals surface area contributed by atoms with E-state index in [9.17, 15) is 4.79 Å². The van der Waals surface area contributed by atoms with Gasteiger partial charge < -0.3 is 9.64 Å². The lowest BCUT2D eigenvalue weighted by molar-refractivity contribution is 0.0807. The predicted octanol–water partition coefficient (Wildman–Crippen LogP) is 3.40. The molecule has 4 heteroatoms. The second-order valence-corrected chi connectivity index (χ2v) is 5.62. The van der Waals surface area contributed by atoms with E-state index < -0.39 is 0 Å². The van der Waals surface area contributed by atoms with Crippen LogP contribution in [0.25, 0.3) is 10.4 Å². The van der Waals surface area contributed by atoms with Crippen molar-refractivity contribution in [3.05, 3.63) is 40.8 Å². The first-order valence-corrected chi connectivity index (χ1v) is 7.12. The highest BCUT2D eigenvalue weighted by atomic mass is 32.1. The van der Waals surface area contributed by atoms with Gasteiger partial charge in [0.1, 0.15) is 12.4 Å². The summed E-state index contributed by atoms with van der Waals surface area (Å²) in [5.74, 6) is 0.985. The molecule has 0 radical (unpaired) electrons. The second kappa shape index (κ2) is 4.70. The summed E-state index contributed by atoms with van der Waals surface area (Å²) in [5.41, 5.74) is 2.20. The van der Waals surface area contributed by atoms with Crippen LogP contribution in [0.2, 0.25) is 0 Å². The van der Waals surface area contributed by atoms with E-state index in [2.05, 4.69) is 0 Å². The number of carbonyl (C=O) groups excluding carboxylic acids is 1. The van der Waals surface area contributed by atoms with Gasteiger partial charge in [-0.25, -0.2) is 0 Å². The quantitative estimate of drug-likeness (QED) is 0.839. The number of rotatable bonds is 2. The summed E-state index contributed by atoms with van der Waals surface area (Å²) in [5, 5.41) is 0. The lowest BCUT2D eigenvalue weighted by Gasteiger charge is -2.16.